The Hall–Kier alpha value is -2.84. The molecule has 0 spiro atoms. The van der Waals surface area contributed by atoms with Crippen LogP contribution in [0.2, 0.25) is 0 Å². The molecule has 1 atom stereocenters. The van der Waals surface area contributed by atoms with Crippen LogP contribution in [0.3, 0.4) is 0 Å². The molecule has 23 heavy (non-hydrogen) atoms. The fourth-order valence-corrected chi connectivity index (χ4v) is 2.75. The van der Waals surface area contributed by atoms with Crippen LogP contribution in [0.15, 0.2) is 12.1 Å². The number of carbonyl (C=O) groups is 3. The van der Waals surface area contributed by atoms with Gasteiger partial charge in [0.1, 0.15) is 11.9 Å². The largest absolute Gasteiger partial charge is 0.465 e. The molecule has 0 unspecified atom stereocenters. The highest BCUT2D eigenvalue weighted by molar-refractivity contribution is 6.02. The lowest BCUT2D eigenvalue weighted by atomic mass is 10.1. The van der Waals surface area contributed by atoms with E-state index < -0.39 is 24.1 Å². The highest BCUT2D eigenvalue weighted by Crippen LogP contribution is 2.35. The van der Waals surface area contributed by atoms with Gasteiger partial charge in [-0.15, -0.1) is 0 Å². The van der Waals surface area contributed by atoms with E-state index in [9.17, 15) is 18.8 Å². The van der Waals surface area contributed by atoms with Gasteiger partial charge >= 0.3 is 12.2 Å². The maximum atomic E-state index is 14.2. The summed E-state index contributed by atoms with van der Waals surface area (Å²) in [6, 6.07) is 2.75. The lowest BCUT2D eigenvalue weighted by molar-refractivity contribution is -0.117. The SMILES string of the molecule is CN1C(=O)Cc2cc(N3C[C@H](CNC(=O)O)OC3=O)cc(F)c21. The van der Waals surface area contributed by atoms with E-state index in [1.165, 1.54) is 22.9 Å². The molecule has 2 heterocycles. The second-order valence-electron chi connectivity index (χ2n) is 5.37. The summed E-state index contributed by atoms with van der Waals surface area (Å²) in [5.74, 6) is -0.811. The number of amides is 3. The highest BCUT2D eigenvalue weighted by Gasteiger charge is 2.35. The predicted molar refractivity (Wildman–Crippen MR) is 77.2 cm³/mol. The lowest BCUT2D eigenvalue weighted by Crippen LogP contribution is -2.33. The normalized spacial score (nSPS) is 19.8. The van der Waals surface area contributed by atoms with Gasteiger partial charge in [0.15, 0.2) is 0 Å². The number of rotatable bonds is 3. The number of nitrogens with one attached hydrogen (secondary N) is 1. The Balaban J connectivity index is 1.82. The van der Waals surface area contributed by atoms with Crippen molar-refractivity contribution in [2.45, 2.75) is 12.5 Å². The number of carboxylic acid groups (broad SMARTS) is 1. The van der Waals surface area contributed by atoms with Gasteiger partial charge in [-0.2, -0.15) is 0 Å². The molecule has 1 fully saturated rings. The van der Waals surface area contributed by atoms with Crippen molar-refractivity contribution >= 4 is 29.5 Å². The van der Waals surface area contributed by atoms with Gasteiger partial charge in [-0.05, 0) is 17.7 Å². The topological polar surface area (TPSA) is 99.2 Å². The van der Waals surface area contributed by atoms with Gasteiger partial charge in [-0.3, -0.25) is 9.69 Å². The summed E-state index contributed by atoms with van der Waals surface area (Å²) < 4.78 is 19.3. The standard InChI is InChI=1S/C14H14FN3O5/c1-17-11(19)3-7-2-8(4-10(15)12(7)17)18-6-9(23-14(18)22)5-16-13(20)21/h2,4,9,16H,3,5-6H2,1H3,(H,20,21)/t9-/m0/s1. The van der Waals surface area contributed by atoms with Crippen molar-refractivity contribution in [1.82, 2.24) is 5.32 Å². The third-order valence-electron chi connectivity index (χ3n) is 3.85. The maximum Gasteiger partial charge on any atom is 0.414 e. The Kier molecular flexibility index (Phi) is 3.55. The van der Waals surface area contributed by atoms with Gasteiger partial charge in [-0.25, -0.2) is 14.0 Å². The highest BCUT2D eigenvalue weighted by atomic mass is 19.1. The summed E-state index contributed by atoms with van der Waals surface area (Å²) in [5, 5.41) is 10.7. The Bertz CT molecular complexity index is 708. The van der Waals surface area contributed by atoms with Gasteiger partial charge in [0, 0.05) is 7.05 Å². The van der Waals surface area contributed by atoms with Crippen LogP contribution in [0.5, 0.6) is 0 Å². The van der Waals surface area contributed by atoms with E-state index in [1.807, 2.05) is 0 Å². The summed E-state index contributed by atoms with van der Waals surface area (Å²) in [5.41, 5.74) is 1.01. The summed E-state index contributed by atoms with van der Waals surface area (Å²) in [4.78, 5) is 36.5. The average molecular weight is 323 g/mol. The third-order valence-corrected chi connectivity index (χ3v) is 3.85. The molecule has 3 amide bonds. The van der Waals surface area contributed by atoms with Gasteiger partial charge < -0.3 is 20.1 Å². The molecule has 3 rings (SSSR count). The Labute approximate surface area is 130 Å². The van der Waals surface area contributed by atoms with Crippen LogP contribution in [-0.2, 0) is 16.0 Å². The van der Waals surface area contributed by atoms with Crippen molar-refractivity contribution in [3.63, 3.8) is 0 Å². The summed E-state index contributed by atoms with van der Waals surface area (Å²) in [6.07, 6.45) is -2.48. The first-order valence-corrected chi connectivity index (χ1v) is 6.90. The number of carbonyl (C=O) groups excluding carboxylic acids is 2. The van der Waals surface area contributed by atoms with Gasteiger partial charge in [-0.1, -0.05) is 0 Å². The van der Waals surface area contributed by atoms with Crippen LogP contribution in [0.4, 0.5) is 25.4 Å². The van der Waals surface area contributed by atoms with Crippen LogP contribution >= 0.6 is 0 Å². The molecular formula is C14H14FN3O5. The van der Waals surface area contributed by atoms with Crippen molar-refractivity contribution in [3.8, 4) is 0 Å². The second-order valence-corrected chi connectivity index (χ2v) is 5.37. The molecule has 1 aromatic carbocycles. The van der Waals surface area contributed by atoms with Crippen molar-refractivity contribution in [2.75, 3.05) is 29.9 Å². The van der Waals surface area contributed by atoms with Crippen molar-refractivity contribution in [3.05, 3.63) is 23.5 Å². The number of benzene rings is 1. The molecule has 1 aromatic rings. The number of anilines is 2. The summed E-state index contributed by atoms with van der Waals surface area (Å²) in [7, 11) is 1.49. The molecular weight excluding hydrogens is 309 g/mol. The molecule has 0 saturated carbocycles. The van der Waals surface area contributed by atoms with E-state index >= 15 is 0 Å². The second kappa shape index (κ2) is 5.41. The monoisotopic (exact) mass is 323 g/mol. The van der Waals surface area contributed by atoms with Crippen LogP contribution in [0.25, 0.3) is 0 Å². The summed E-state index contributed by atoms with van der Waals surface area (Å²) in [6.45, 7) is 0.0490. The van der Waals surface area contributed by atoms with Crippen molar-refractivity contribution in [1.29, 1.82) is 0 Å². The Morgan fingerprint density at radius 3 is 2.91 bits per heavy atom. The van der Waals surface area contributed by atoms with Crippen LogP contribution < -0.4 is 15.1 Å². The van der Waals surface area contributed by atoms with Gasteiger partial charge in [0.25, 0.3) is 0 Å². The minimum absolute atomic E-state index is 0.0494. The first-order valence-electron chi connectivity index (χ1n) is 6.90. The van der Waals surface area contributed by atoms with Gasteiger partial charge in [0.05, 0.1) is 30.9 Å². The van der Waals surface area contributed by atoms with Gasteiger partial charge in [0.2, 0.25) is 5.91 Å². The smallest absolute Gasteiger partial charge is 0.414 e. The van der Waals surface area contributed by atoms with Crippen molar-refractivity contribution < 1.29 is 28.6 Å². The Morgan fingerprint density at radius 1 is 1.48 bits per heavy atom. The Morgan fingerprint density at radius 2 is 2.22 bits per heavy atom. The zero-order valence-corrected chi connectivity index (χ0v) is 12.2. The minimum Gasteiger partial charge on any atom is -0.465 e. The molecule has 2 N–H and O–H groups in total. The molecule has 9 heteroatoms. The molecule has 0 aromatic heterocycles. The molecule has 0 aliphatic carbocycles. The van der Waals surface area contributed by atoms with E-state index in [1.54, 1.807) is 6.07 Å². The molecule has 0 radical (unpaired) electrons. The van der Waals surface area contributed by atoms with Crippen LogP contribution in [-0.4, -0.2) is 49.4 Å². The van der Waals surface area contributed by atoms with E-state index in [0.29, 0.717) is 5.56 Å². The van der Waals surface area contributed by atoms with E-state index in [-0.39, 0.29) is 36.8 Å². The average Bonchev–Trinajstić information content (AvgIpc) is 2.98. The zero-order valence-electron chi connectivity index (χ0n) is 12.2. The zero-order chi connectivity index (χ0) is 16.7. The van der Waals surface area contributed by atoms with Crippen LogP contribution in [0, 0.1) is 5.82 Å². The molecule has 8 nitrogen and oxygen atoms in total. The van der Waals surface area contributed by atoms with Crippen molar-refractivity contribution in [2.24, 2.45) is 0 Å². The number of hydrogen-bond donors (Lipinski definition) is 2. The lowest BCUT2D eigenvalue weighted by Gasteiger charge is -2.16. The van der Waals surface area contributed by atoms with Crippen LogP contribution in [0.1, 0.15) is 5.56 Å². The van der Waals surface area contributed by atoms with E-state index in [2.05, 4.69) is 5.32 Å². The number of ether oxygens (including phenoxy) is 1. The molecule has 2 aliphatic rings. The number of nitrogens with zero attached hydrogens (tertiary/aromatic N) is 2. The number of halogens is 1. The van der Waals surface area contributed by atoms with E-state index in [0.717, 1.165) is 0 Å². The molecule has 0 bridgehead atoms. The molecule has 1 saturated heterocycles. The first kappa shape index (κ1) is 15.1. The minimum atomic E-state index is -1.22. The van der Waals surface area contributed by atoms with E-state index in [4.69, 9.17) is 9.84 Å². The number of fused-ring (bicyclic) bond motifs is 1. The first-order chi connectivity index (χ1) is 10.9. The molecule has 2 aliphatic heterocycles. The molecule has 122 valence electrons. The fourth-order valence-electron chi connectivity index (χ4n) is 2.75. The quantitative estimate of drug-likeness (QED) is 0.862. The maximum absolute atomic E-state index is 14.2. The third kappa shape index (κ3) is 2.65. The predicted octanol–water partition coefficient (Wildman–Crippen LogP) is 0.937. The number of cyclic esters (lactones) is 1. The summed E-state index contributed by atoms with van der Waals surface area (Å²) >= 11 is 0. The fraction of sp³-hybridized carbons (Fsp3) is 0.357. The number of likely N-dealkylation sites (N-methyl/N-ethyl adjacent to an activating group) is 1. The number of hydrogen-bond acceptors (Lipinski definition) is 4.